The van der Waals surface area contributed by atoms with Crippen LogP contribution < -0.4 is 24.4 Å². The van der Waals surface area contributed by atoms with E-state index in [4.69, 9.17) is 25.8 Å². The number of carbonyl (C=O) groups is 1. The van der Waals surface area contributed by atoms with E-state index in [1.54, 1.807) is 43.7 Å². The first kappa shape index (κ1) is 29.4. The fourth-order valence-corrected chi connectivity index (χ4v) is 6.13. The number of rotatable bonds is 8. The van der Waals surface area contributed by atoms with Crippen molar-refractivity contribution >= 4 is 35.0 Å². The molecule has 42 heavy (non-hydrogen) atoms. The Labute approximate surface area is 253 Å². The number of halogens is 1. The number of thiazole rings is 1. The largest absolute Gasteiger partial charge is 0.493 e. The molecule has 0 saturated carbocycles. The summed E-state index contributed by atoms with van der Waals surface area (Å²) in [6.07, 6.45) is 1.75. The van der Waals surface area contributed by atoms with Crippen LogP contribution in [0.4, 0.5) is 0 Å². The van der Waals surface area contributed by atoms with Crippen LogP contribution in [-0.4, -0.2) is 24.3 Å². The second-order valence-corrected chi connectivity index (χ2v) is 11.4. The maximum absolute atomic E-state index is 13.9. The fraction of sp³-hybridized carbons (Fsp3) is 0.242. The number of methoxy groups -OCH3 is 1. The van der Waals surface area contributed by atoms with Crippen LogP contribution in [0.5, 0.6) is 11.5 Å². The van der Waals surface area contributed by atoms with Crippen molar-refractivity contribution in [2.75, 3.05) is 13.7 Å². The van der Waals surface area contributed by atoms with Gasteiger partial charge in [0.1, 0.15) is 6.61 Å². The van der Waals surface area contributed by atoms with E-state index in [2.05, 4.69) is 4.99 Å². The highest BCUT2D eigenvalue weighted by Gasteiger charge is 2.33. The Morgan fingerprint density at radius 3 is 2.36 bits per heavy atom. The maximum Gasteiger partial charge on any atom is 0.338 e. The van der Waals surface area contributed by atoms with Crippen molar-refractivity contribution in [3.63, 3.8) is 0 Å². The molecule has 0 spiro atoms. The Bertz CT molecular complexity index is 1850. The minimum atomic E-state index is -0.668. The van der Waals surface area contributed by atoms with Crippen LogP contribution in [-0.2, 0) is 16.1 Å². The Morgan fingerprint density at radius 2 is 1.71 bits per heavy atom. The first-order chi connectivity index (χ1) is 20.2. The molecule has 7 nitrogen and oxygen atoms in total. The molecule has 1 aromatic heterocycles. The first-order valence-corrected chi connectivity index (χ1v) is 14.7. The van der Waals surface area contributed by atoms with Gasteiger partial charge in [0.15, 0.2) is 16.3 Å². The zero-order valence-electron chi connectivity index (χ0n) is 24.1. The van der Waals surface area contributed by atoms with Crippen molar-refractivity contribution < 1.29 is 19.0 Å². The summed E-state index contributed by atoms with van der Waals surface area (Å²) in [5.41, 5.74) is 5.30. The lowest BCUT2D eigenvalue weighted by atomic mass is 9.95. The molecule has 1 aliphatic heterocycles. The molecule has 0 fully saturated rings. The van der Waals surface area contributed by atoms with Gasteiger partial charge in [0.05, 0.1) is 40.6 Å². The minimum absolute atomic E-state index is 0.216. The number of aromatic nitrogens is 1. The summed E-state index contributed by atoms with van der Waals surface area (Å²) in [6, 6.07) is 18.7. The molecule has 9 heteroatoms. The molecule has 1 aliphatic rings. The van der Waals surface area contributed by atoms with Crippen LogP contribution >= 0.6 is 22.9 Å². The number of hydrogen-bond donors (Lipinski definition) is 0. The molecule has 0 unspecified atom stereocenters. The average Bonchev–Trinajstić information content (AvgIpc) is 3.26. The van der Waals surface area contributed by atoms with Crippen LogP contribution in [0, 0.1) is 13.8 Å². The molecular formula is C33H31ClN2O5S. The van der Waals surface area contributed by atoms with Crippen LogP contribution in [0.15, 0.2) is 81.7 Å². The number of ether oxygens (including phenoxy) is 3. The van der Waals surface area contributed by atoms with Gasteiger partial charge in [-0.2, -0.15) is 0 Å². The number of esters is 1. The molecule has 3 aromatic carbocycles. The molecule has 4 aromatic rings. The van der Waals surface area contributed by atoms with Gasteiger partial charge in [-0.25, -0.2) is 9.79 Å². The molecule has 2 heterocycles. The molecule has 1 atom stereocenters. The van der Waals surface area contributed by atoms with Crippen LogP contribution in [0.3, 0.4) is 0 Å². The van der Waals surface area contributed by atoms with Gasteiger partial charge in [0.25, 0.3) is 5.56 Å². The Morgan fingerprint density at radius 1 is 1.05 bits per heavy atom. The summed E-state index contributed by atoms with van der Waals surface area (Å²) in [4.78, 5) is 32.1. The van der Waals surface area contributed by atoms with Gasteiger partial charge < -0.3 is 14.2 Å². The van der Waals surface area contributed by atoms with Crippen LogP contribution in [0.25, 0.3) is 6.08 Å². The van der Waals surface area contributed by atoms with Crippen molar-refractivity contribution in [1.29, 1.82) is 0 Å². The Kier molecular flexibility index (Phi) is 8.66. The van der Waals surface area contributed by atoms with Gasteiger partial charge in [-0.1, -0.05) is 82.6 Å². The van der Waals surface area contributed by atoms with Crippen molar-refractivity contribution in [3.05, 3.63) is 124 Å². The number of fused-ring (bicyclic) bond motifs is 1. The zero-order chi connectivity index (χ0) is 30.0. The van der Waals surface area contributed by atoms with E-state index in [1.165, 1.54) is 16.9 Å². The topological polar surface area (TPSA) is 79.1 Å². The van der Waals surface area contributed by atoms with Gasteiger partial charge in [-0.15, -0.1) is 0 Å². The van der Waals surface area contributed by atoms with E-state index in [9.17, 15) is 9.59 Å². The van der Waals surface area contributed by atoms with Crippen molar-refractivity contribution in [3.8, 4) is 11.5 Å². The molecule has 0 N–H and O–H groups in total. The van der Waals surface area contributed by atoms with Crippen molar-refractivity contribution in [1.82, 2.24) is 4.57 Å². The molecule has 0 amide bonds. The van der Waals surface area contributed by atoms with Crippen LogP contribution in [0.2, 0.25) is 5.02 Å². The maximum atomic E-state index is 13.9. The third-order valence-electron chi connectivity index (χ3n) is 6.96. The molecule has 0 aliphatic carbocycles. The molecule has 216 valence electrons. The standard InChI is InChI=1S/C33H31ClN2O5S/c1-6-40-32(38)28-21(4)35-33-36(29(28)24-13-9-20(3)10-14-24)31(37)27(42-33)17-23-15-25(34)30(26(16-23)39-5)41-18-22-11-7-19(2)8-12-22/h7-17,29H,6,18H2,1-5H3/b27-17+/t29-/m0/s1. The third-order valence-corrected chi connectivity index (χ3v) is 8.23. The second-order valence-electron chi connectivity index (χ2n) is 10.0. The lowest BCUT2D eigenvalue weighted by Crippen LogP contribution is -2.39. The molecule has 0 bridgehead atoms. The quantitative estimate of drug-likeness (QED) is 0.243. The van der Waals surface area contributed by atoms with Gasteiger partial charge in [0, 0.05) is 0 Å². The summed E-state index contributed by atoms with van der Waals surface area (Å²) in [6.45, 7) is 8.08. The monoisotopic (exact) mass is 602 g/mol. The SMILES string of the molecule is CCOC(=O)C1=C(C)N=c2s/c(=C/c3cc(Cl)c(OCc4ccc(C)cc4)c(OC)c3)c(=O)n2[C@H]1c1ccc(C)cc1. The first-order valence-electron chi connectivity index (χ1n) is 13.5. The summed E-state index contributed by atoms with van der Waals surface area (Å²) < 4.78 is 19.0. The van der Waals surface area contributed by atoms with Crippen LogP contribution in [0.1, 0.15) is 47.7 Å². The summed E-state index contributed by atoms with van der Waals surface area (Å²) in [7, 11) is 1.54. The van der Waals surface area contributed by atoms with Crippen molar-refractivity contribution in [2.24, 2.45) is 4.99 Å². The normalized spacial score (nSPS) is 14.8. The minimum Gasteiger partial charge on any atom is -0.493 e. The van der Waals surface area contributed by atoms with E-state index in [0.29, 0.717) is 49.3 Å². The fourth-order valence-electron chi connectivity index (χ4n) is 4.81. The third kappa shape index (κ3) is 5.91. The van der Waals surface area contributed by atoms with Gasteiger partial charge in [0.2, 0.25) is 0 Å². The van der Waals surface area contributed by atoms with Gasteiger partial charge in [-0.05, 0) is 62.6 Å². The predicted molar refractivity (Wildman–Crippen MR) is 165 cm³/mol. The smallest absolute Gasteiger partial charge is 0.338 e. The lowest BCUT2D eigenvalue weighted by Gasteiger charge is -2.24. The van der Waals surface area contributed by atoms with E-state index in [0.717, 1.165) is 16.7 Å². The van der Waals surface area contributed by atoms with E-state index >= 15 is 0 Å². The highest BCUT2D eigenvalue weighted by Crippen LogP contribution is 2.37. The number of carbonyl (C=O) groups excluding carboxylic acids is 1. The Hall–Kier alpha value is -4.14. The Balaban J connectivity index is 1.56. The number of aryl methyl sites for hydroxylation is 2. The summed E-state index contributed by atoms with van der Waals surface area (Å²) in [5.74, 6) is 0.385. The number of nitrogens with zero attached hydrogens (tertiary/aromatic N) is 2. The van der Waals surface area contributed by atoms with Gasteiger partial charge >= 0.3 is 5.97 Å². The molecule has 0 saturated heterocycles. The highest BCUT2D eigenvalue weighted by molar-refractivity contribution is 7.07. The van der Waals surface area contributed by atoms with E-state index < -0.39 is 12.0 Å². The van der Waals surface area contributed by atoms with E-state index in [1.807, 2.05) is 62.4 Å². The number of hydrogen-bond acceptors (Lipinski definition) is 7. The number of allylic oxidation sites excluding steroid dienone is 1. The summed E-state index contributed by atoms with van der Waals surface area (Å²) >= 11 is 7.90. The second kappa shape index (κ2) is 12.4. The lowest BCUT2D eigenvalue weighted by molar-refractivity contribution is -0.139. The zero-order valence-corrected chi connectivity index (χ0v) is 25.6. The van der Waals surface area contributed by atoms with Gasteiger partial charge in [-0.3, -0.25) is 9.36 Å². The predicted octanol–water partition coefficient (Wildman–Crippen LogP) is 5.66. The van der Waals surface area contributed by atoms with E-state index in [-0.39, 0.29) is 12.2 Å². The molecule has 0 radical (unpaired) electrons. The molecular weight excluding hydrogens is 572 g/mol. The molecule has 5 rings (SSSR count). The number of benzene rings is 3. The summed E-state index contributed by atoms with van der Waals surface area (Å²) in [5, 5.41) is 0.360. The average molecular weight is 603 g/mol. The van der Waals surface area contributed by atoms with Crippen molar-refractivity contribution in [2.45, 2.75) is 40.3 Å². The highest BCUT2D eigenvalue weighted by atomic mass is 35.5.